The molecule has 8 aromatic carbocycles. The fraction of sp³-hybridized carbons (Fsp3) is 0.102. The monoisotopic (exact) mass is 1020 g/mol. The molecule has 0 aliphatic rings. The van der Waals surface area contributed by atoms with Crippen LogP contribution in [0.1, 0.15) is 33.4 Å². The molecule has 0 radical (unpaired) electrons. The number of rotatable bonds is 6. The third kappa shape index (κ3) is 12.3. The van der Waals surface area contributed by atoms with Crippen LogP contribution in [0, 0.1) is 20.8 Å². The molecule has 4 N–H and O–H groups in total. The topological polar surface area (TPSA) is 238 Å². The van der Waals surface area contributed by atoms with Gasteiger partial charge in [0.05, 0.1) is 47.2 Å². The lowest BCUT2D eigenvalue weighted by Crippen LogP contribution is -2.14. The molecule has 0 fully saturated rings. The number of hydrogen-bond donors (Lipinski definition) is 4. The zero-order valence-electron chi connectivity index (χ0n) is 41.3. The normalized spacial score (nSPS) is 10.8. The van der Waals surface area contributed by atoms with Crippen LogP contribution in [-0.2, 0) is 19.6 Å². The zero-order chi connectivity index (χ0) is 53.3. The molecule has 17 nitrogen and oxygen atoms in total. The summed E-state index contributed by atoms with van der Waals surface area (Å²) >= 11 is 0. The zero-order valence-corrected chi connectivity index (χ0v) is 41.3. The van der Waals surface area contributed by atoms with Gasteiger partial charge in [0.15, 0.2) is 27.9 Å². The standard InChI is InChI=1S/2C15H13NO2.C14H11NO3.C8H7NO2.C7H5NO3/c2*1-11-7-8-13-14(9-11)18-15(17)16(13)10-12-5-3-2-4-6-12;16-11-6-7-12-13(8-11)18-14(17)15(12)9-10-4-2-1-3-5-10;1-5-2-3-6-7(4-5)11-8(10)9-6;9-4-1-2-5-6(3-4)11-7(10)8-5/h2*2-9H,10H2,1H3;1-8,16H,9H2;2-4H,1H3,(H,9,10);1-3,9H,(H,8,10). The van der Waals surface area contributed by atoms with E-state index in [1.165, 1.54) is 18.2 Å². The summed E-state index contributed by atoms with van der Waals surface area (Å²) in [5.74, 6) is -1.77. The molecule has 0 saturated carbocycles. The SMILES string of the molecule is Cc1ccc2[nH]c(=O)oc2c1.Cc1ccc2c(c1)oc(=O)n2Cc1ccccc1.Cc1ccc2c(c1)oc(=O)n2Cc1ccccc1.O=c1[nH]c2ccc(O)cc2o1.O=c1oc2cc(O)ccc2n1Cc1ccccc1. The number of nitrogens with zero attached hydrogens (tertiary/aromatic N) is 3. The number of phenols is 2. The van der Waals surface area contributed by atoms with Crippen molar-refractivity contribution < 1.29 is 32.3 Å². The van der Waals surface area contributed by atoms with Gasteiger partial charge in [-0.25, -0.2) is 24.0 Å². The van der Waals surface area contributed by atoms with Gasteiger partial charge < -0.3 is 32.3 Å². The van der Waals surface area contributed by atoms with Gasteiger partial charge >= 0.3 is 28.8 Å². The molecule has 13 rings (SSSR count). The lowest BCUT2D eigenvalue weighted by molar-refractivity contribution is 0.472. The summed E-state index contributed by atoms with van der Waals surface area (Å²) in [5, 5.41) is 18.3. The van der Waals surface area contributed by atoms with Crippen LogP contribution in [0.3, 0.4) is 0 Å². The van der Waals surface area contributed by atoms with Crippen LogP contribution in [0.5, 0.6) is 11.5 Å². The summed E-state index contributed by atoms with van der Waals surface area (Å²) in [6.45, 7) is 7.44. The maximum Gasteiger partial charge on any atom is 0.420 e. The maximum absolute atomic E-state index is 11.9. The van der Waals surface area contributed by atoms with Gasteiger partial charge in [-0.1, -0.05) is 109 Å². The summed E-state index contributed by atoms with van der Waals surface area (Å²) in [7, 11) is 0. The lowest BCUT2D eigenvalue weighted by atomic mass is 10.2. The number of fused-ring (bicyclic) bond motifs is 5. The molecule has 0 amide bonds. The number of H-pyrrole nitrogens is 2. The first kappa shape index (κ1) is 50.6. The molecule has 0 atom stereocenters. The van der Waals surface area contributed by atoms with Gasteiger partial charge in [-0.15, -0.1) is 0 Å². The average molecular weight is 1020 g/mol. The van der Waals surface area contributed by atoms with E-state index in [1.807, 2.05) is 166 Å². The van der Waals surface area contributed by atoms with Crippen LogP contribution in [-0.4, -0.2) is 33.9 Å². The number of aryl methyl sites for hydroxylation is 3. The summed E-state index contributed by atoms with van der Waals surface area (Å²) in [6, 6.07) is 55.7. The summed E-state index contributed by atoms with van der Waals surface area (Å²) in [4.78, 5) is 61.8. The highest BCUT2D eigenvalue weighted by atomic mass is 16.4. The maximum atomic E-state index is 11.9. The van der Waals surface area contributed by atoms with E-state index >= 15 is 0 Å². The van der Waals surface area contributed by atoms with Crippen molar-refractivity contribution in [1.82, 2.24) is 23.7 Å². The summed E-state index contributed by atoms with van der Waals surface area (Å²) in [6.07, 6.45) is 0. The molecule has 0 bridgehead atoms. The van der Waals surface area contributed by atoms with Crippen molar-refractivity contribution in [2.45, 2.75) is 40.4 Å². The fourth-order valence-corrected chi connectivity index (χ4v) is 8.14. The number of nitrogens with one attached hydrogen (secondary N) is 2. The quantitative estimate of drug-likeness (QED) is 0.122. The number of aromatic nitrogens is 5. The van der Waals surface area contributed by atoms with Gasteiger partial charge in [0.1, 0.15) is 11.5 Å². The predicted octanol–water partition coefficient (Wildman–Crippen LogP) is 10.5. The number of hydrogen-bond acceptors (Lipinski definition) is 12. The van der Waals surface area contributed by atoms with E-state index in [9.17, 15) is 29.1 Å². The van der Waals surface area contributed by atoms with Gasteiger partial charge in [-0.3, -0.25) is 23.7 Å². The second-order valence-electron chi connectivity index (χ2n) is 17.6. The van der Waals surface area contributed by atoms with E-state index in [0.29, 0.717) is 58.6 Å². The molecule has 13 aromatic rings. The highest BCUT2D eigenvalue weighted by molar-refractivity contribution is 5.76. The Hall–Kier alpha value is -10.3. The van der Waals surface area contributed by atoms with Crippen LogP contribution >= 0.6 is 0 Å². The highest BCUT2D eigenvalue weighted by Gasteiger charge is 2.12. The van der Waals surface area contributed by atoms with Crippen molar-refractivity contribution in [3.8, 4) is 11.5 Å². The molecular formula is C59H49N5O12. The van der Waals surface area contributed by atoms with E-state index in [0.717, 1.165) is 49.9 Å². The molecule has 382 valence electrons. The van der Waals surface area contributed by atoms with Crippen molar-refractivity contribution >= 4 is 55.5 Å². The Labute approximate surface area is 430 Å². The molecular weight excluding hydrogens is 971 g/mol. The Morgan fingerprint density at radius 2 is 0.658 bits per heavy atom. The minimum Gasteiger partial charge on any atom is -0.508 e. The Balaban J connectivity index is 0.000000118. The molecule has 0 unspecified atom stereocenters. The van der Waals surface area contributed by atoms with Gasteiger partial charge in [0, 0.05) is 12.1 Å². The van der Waals surface area contributed by atoms with Gasteiger partial charge in [-0.05, 0) is 115 Å². The molecule has 0 spiro atoms. The number of benzene rings is 8. The minimum atomic E-state index is -0.509. The number of oxazole rings is 5. The average Bonchev–Trinajstić information content (AvgIpc) is 4.21. The molecule has 5 heterocycles. The van der Waals surface area contributed by atoms with Gasteiger partial charge in [-0.2, -0.15) is 0 Å². The predicted molar refractivity (Wildman–Crippen MR) is 289 cm³/mol. The largest absolute Gasteiger partial charge is 0.508 e. The van der Waals surface area contributed by atoms with Crippen molar-refractivity contribution in [2.75, 3.05) is 0 Å². The number of phenolic OH excluding ortho intramolecular Hbond substituents is 2. The number of aromatic amines is 2. The second-order valence-corrected chi connectivity index (χ2v) is 17.6. The molecule has 5 aromatic heterocycles. The van der Waals surface area contributed by atoms with E-state index in [4.69, 9.17) is 22.8 Å². The second kappa shape index (κ2) is 22.6. The molecule has 0 aliphatic heterocycles. The molecule has 17 heteroatoms. The van der Waals surface area contributed by atoms with E-state index < -0.39 is 17.3 Å². The highest BCUT2D eigenvalue weighted by Crippen LogP contribution is 2.21. The van der Waals surface area contributed by atoms with Crippen LogP contribution < -0.4 is 28.8 Å². The lowest BCUT2D eigenvalue weighted by Gasteiger charge is -2.02. The van der Waals surface area contributed by atoms with E-state index in [-0.39, 0.29) is 23.0 Å². The van der Waals surface area contributed by atoms with Crippen LogP contribution in [0.15, 0.2) is 228 Å². The summed E-state index contributed by atoms with van der Waals surface area (Å²) in [5.41, 5.74) is 12.8. The first-order valence-corrected chi connectivity index (χ1v) is 23.8. The fourth-order valence-electron chi connectivity index (χ4n) is 8.14. The Morgan fingerprint density at radius 1 is 0.355 bits per heavy atom. The van der Waals surface area contributed by atoms with E-state index in [1.54, 1.807) is 31.9 Å². The molecule has 0 saturated heterocycles. The Bertz CT molecular complexity index is 4000. The first-order valence-electron chi connectivity index (χ1n) is 23.8. The van der Waals surface area contributed by atoms with Crippen molar-refractivity contribution in [3.05, 3.63) is 268 Å². The van der Waals surface area contributed by atoms with E-state index in [2.05, 4.69) is 14.4 Å². The third-order valence-electron chi connectivity index (χ3n) is 11.8. The van der Waals surface area contributed by atoms with Gasteiger partial charge in [0.25, 0.3) is 0 Å². The third-order valence-corrected chi connectivity index (χ3v) is 11.8. The van der Waals surface area contributed by atoms with Crippen molar-refractivity contribution in [1.29, 1.82) is 0 Å². The molecule has 0 aliphatic carbocycles. The smallest absolute Gasteiger partial charge is 0.420 e. The molecule has 76 heavy (non-hydrogen) atoms. The minimum absolute atomic E-state index is 0.0836. The van der Waals surface area contributed by atoms with Crippen LogP contribution in [0.2, 0.25) is 0 Å². The van der Waals surface area contributed by atoms with Crippen LogP contribution in [0.25, 0.3) is 55.5 Å². The Kier molecular flexibility index (Phi) is 15.1. The van der Waals surface area contributed by atoms with Crippen molar-refractivity contribution in [2.24, 2.45) is 0 Å². The summed E-state index contributed by atoms with van der Waals surface area (Å²) < 4.78 is 30.0. The Morgan fingerprint density at radius 3 is 1.07 bits per heavy atom. The van der Waals surface area contributed by atoms with Crippen molar-refractivity contribution in [3.63, 3.8) is 0 Å². The van der Waals surface area contributed by atoms with Crippen LogP contribution in [0.4, 0.5) is 0 Å². The first-order chi connectivity index (χ1) is 36.7. The van der Waals surface area contributed by atoms with Gasteiger partial charge in [0.2, 0.25) is 0 Å². The number of aromatic hydroxyl groups is 2.